The number of esters is 1. The molecule has 11 heteroatoms. The van der Waals surface area contributed by atoms with Crippen molar-refractivity contribution in [2.24, 2.45) is 17.8 Å². The van der Waals surface area contributed by atoms with Gasteiger partial charge in [-0.3, -0.25) is 19.2 Å². The van der Waals surface area contributed by atoms with Crippen LogP contribution in [0.1, 0.15) is 57.6 Å². The first-order chi connectivity index (χ1) is 23.6. The highest BCUT2D eigenvalue weighted by atomic mass is 35.5. The predicted octanol–water partition coefficient (Wildman–Crippen LogP) is 5.01. The molecule has 0 saturated carbocycles. The SMILES string of the molecule is C=CCCC(=O)NC[C@H](OC(=O)[C@@H]1[C@H]2C(=O)N([C@@H](CO)CC(C)C)[C@H](C(=O)N(CC=C)c3ccc(Cl)cc3)[C@]23CC[C@H]1O3)c1ccccc1. The number of allylic oxidation sites excluding steroid dienone is 1. The molecule has 2 aromatic rings. The van der Waals surface area contributed by atoms with Gasteiger partial charge in [0, 0.05) is 23.7 Å². The van der Waals surface area contributed by atoms with Crippen molar-refractivity contribution in [3.05, 3.63) is 90.5 Å². The molecule has 3 fully saturated rings. The van der Waals surface area contributed by atoms with Gasteiger partial charge in [0.05, 0.1) is 37.1 Å². The first-order valence-electron chi connectivity index (χ1n) is 17.0. The molecular weight excluding hydrogens is 646 g/mol. The number of carbonyl (C=O) groups excluding carboxylic acids is 4. The number of aliphatic hydroxyl groups excluding tert-OH is 1. The number of hydrogen-bond donors (Lipinski definition) is 2. The molecule has 3 aliphatic heterocycles. The largest absolute Gasteiger partial charge is 0.455 e. The maximum absolute atomic E-state index is 14.8. The van der Waals surface area contributed by atoms with E-state index in [2.05, 4.69) is 18.5 Å². The first kappa shape index (κ1) is 36.3. The number of rotatable bonds is 16. The van der Waals surface area contributed by atoms with Gasteiger partial charge in [0.25, 0.3) is 5.91 Å². The fourth-order valence-corrected chi connectivity index (χ4v) is 7.84. The van der Waals surface area contributed by atoms with E-state index in [9.17, 15) is 24.3 Å². The van der Waals surface area contributed by atoms with Crippen molar-refractivity contribution in [2.75, 3.05) is 24.6 Å². The highest BCUT2D eigenvalue weighted by Crippen LogP contribution is 2.59. The third-order valence-electron chi connectivity index (χ3n) is 9.80. The van der Waals surface area contributed by atoms with Gasteiger partial charge in [0.1, 0.15) is 17.7 Å². The Morgan fingerprint density at radius 1 is 1.14 bits per heavy atom. The average molecular weight is 692 g/mol. The maximum Gasteiger partial charge on any atom is 0.313 e. The summed E-state index contributed by atoms with van der Waals surface area (Å²) in [6, 6.07) is 14.1. The second-order valence-corrected chi connectivity index (χ2v) is 13.9. The van der Waals surface area contributed by atoms with Crippen molar-refractivity contribution >= 4 is 41.0 Å². The van der Waals surface area contributed by atoms with Gasteiger partial charge in [-0.05, 0) is 61.4 Å². The molecule has 10 nitrogen and oxygen atoms in total. The highest BCUT2D eigenvalue weighted by Gasteiger charge is 2.75. The van der Waals surface area contributed by atoms with Gasteiger partial charge >= 0.3 is 5.97 Å². The summed E-state index contributed by atoms with van der Waals surface area (Å²) >= 11 is 6.16. The van der Waals surface area contributed by atoms with Gasteiger partial charge in [0.15, 0.2) is 0 Å². The summed E-state index contributed by atoms with van der Waals surface area (Å²) in [5.74, 6) is -3.51. The molecular formula is C38H46ClN3O7. The Labute approximate surface area is 293 Å². The average Bonchev–Trinajstić information content (AvgIpc) is 3.74. The van der Waals surface area contributed by atoms with Gasteiger partial charge in [-0.15, -0.1) is 13.2 Å². The fraction of sp³-hybridized carbons (Fsp3) is 0.474. The van der Waals surface area contributed by atoms with Crippen LogP contribution in [-0.2, 0) is 28.7 Å². The van der Waals surface area contributed by atoms with E-state index in [0.29, 0.717) is 42.0 Å². The van der Waals surface area contributed by atoms with Gasteiger partial charge < -0.3 is 29.7 Å². The number of ether oxygens (including phenoxy) is 2. The van der Waals surface area contributed by atoms with Crippen LogP contribution >= 0.6 is 11.6 Å². The van der Waals surface area contributed by atoms with Gasteiger partial charge in [-0.2, -0.15) is 0 Å². The van der Waals surface area contributed by atoms with E-state index < -0.39 is 53.6 Å². The number of carbonyl (C=O) groups is 4. The molecule has 262 valence electrons. The van der Waals surface area contributed by atoms with Crippen LogP contribution in [0.5, 0.6) is 0 Å². The standard InChI is InChI=1S/C38H46ClN3O7/c1-5-7-13-31(44)40-22-30(25-11-9-8-10-12-25)48-37(47)32-29-18-19-38(49-29)33(32)35(45)42(28(23-43)21-24(3)4)34(38)36(46)41(20-6-2)27-16-14-26(39)15-17-27/h5-6,8-12,14-17,24,28-30,32-34,43H,1-2,7,13,18-23H2,3-4H3,(H,40,44)/t28-,29-,30+,32+,33+,34-,38+/m1/s1. The first-order valence-corrected chi connectivity index (χ1v) is 17.4. The monoisotopic (exact) mass is 691 g/mol. The van der Waals surface area contributed by atoms with Crippen LogP contribution in [0.25, 0.3) is 0 Å². The second kappa shape index (κ2) is 15.7. The second-order valence-electron chi connectivity index (χ2n) is 13.4. The minimum Gasteiger partial charge on any atom is -0.455 e. The number of nitrogens with zero attached hydrogens (tertiary/aromatic N) is 2. The third-order valence-corrected chi connectivity index (χ3v) is 10.0. The molecule has 0 radical (unpaired) electrons. The Bertz CT molecular complexity index is 1530. The van der Waals surface area contributed by atoms with Crippen LogP contribution in [0.15, 0.2) is 79.9 Å². The number of nitrogens with one attached hydrogen (secondary N) is 1. The zero-order chi connectivity index (χ0) is 35.3. The molecule has 3 saturated heterocycles. The number of hydrogen-bond acceptors (Lipinski definition) is 7. The molecule has 1 spiro atoms. The molecule has 3 heterocycles. The molecule has 2 N–H and O–H groups in total. The van der Waals surface area contributed by atoms with Gasteiger partial charge in [-0.1, -0.05) is 67.9 Å². The highest BCUT2D eigenvalue weighted by molar-refractivity contribution is 6.30. The number of benzene rings is 2. The lowest BCUT2D eigenvalue weighted by molar-refractivity contribution is -0.161. The maximum atomic E-state index is 14.8. The topological polar surface area (TPSA) is 125 Å². The number of anilines is 1. The summed E-state index contributed by atoms with van der Waals surface area (Å²) in [6.45, 7) is 11.3. The van der Waals surface area contributed by atoms with Gasteiger partial charge in [-0.25, -0.2) is 0 Å². The number of amides is 3. The molecule has 3 amide bonds. The van der Waals surface area contributed by atoms with E-state index in [1.807, 2.05) is 44.2 Å². The predicted molar refractivity (Wildman–Crippen MR) is 186 cm³/mol. The number of fused-ring (bicyclic) bond motifs is 1. The molecule has 3 aliphatic rings. The lowest BCUT2D eigenvalue weighted by Crippen LogP contribution is -2.59. The molecule has 0 unspecified atom stereocenters. The van der Waals surface area contributed by atoms with Crippen LogP contribution in [0.3, 0.4) is 0 Å². The summed E-state index contributed by atoms with van der Waals surface area (Å²) in [7, 11) is 0. The number of halogens is 1. The quantitative estimate of drug-likeness (QED) is 0.187. The fourth-order valence-electron chi connectivity index (χ4n) is 7.71. The molecule has 2 bridgehead atoms. The van der Waals surface area contributed by atoms with Crippen molar-refractivity contribution < 1.29 is 33.8 Å². The summed E-state index contributed by atoms with van der Waals surface area (Å²) < 4.78 is 12.8. The van der Waals surface area contributed by atoms with E-state index >= 15 is 0 Å². The van der Waals surface area contributed by atoms with Crippen LogP contribution in [0.2, 0.25) is 5.02 Å². The number of aliphatic hydroxyl groups is 1. The van der Waals surface area contributed by atoms with E-state index in [1.54, 1.807) is 36.4 Å². The van der Waals surface area contributed by atoms with Crippen molar-refractivity contribution in [1.82, 2.24) is 10.2 Å². The van der Waals surface area contributed by atoms with Crippen molar-refractivity contribution in [2.45, 2.75) is 75.8 Å². The van der Waals surface area contributed by atoms with Gasteiger partial charge in [0.2, 0.25) is 11.8 Å². The van der Waals surface area contributed by atoms with Crippen LogP contribution in [0, 0.1) is 17.8 Å². The lowest BCUT2D eigenvalue weighted by atomic mass is 9.70. The minimum absolute atomic E-state index is 0.0412. The zero-order valence-corrected chi connectivity index (χ0v) is 28.9. The Kier molecular flexibility index (Phi) is 11.6. The molecule has 0 aliphatic carbocycles. The summed E-state index contributed by atoms with van der Waals surface area (Å²) in [5, 5.41) is 14.0. The van der Waals surface area contributed by atoms with E-state index in [1.165, 1.54) is 9.80 Å². The summed E-state index contributed by atoms with van der Waals surface area (Å²) in [5.41, 5.74) is -0.0541. The van der Waals surface area contributed by atoms with Crippen molar-refractivity contribution in [1.29, 1.82) is 0 Å². The molecule has 7 atom stereocenters. The van der Waals surface area contributed by atoms with E-state index in [-0.39, 0.29) is 43.8 Å². The molecule has 2 aromatic carbocycles. The van der Waals surface area contributed by atoms with E-state index in [4.69, 9.17) is 21.1 Å². The molecule has 0 aromatic heterocycles. The Morgan fingerprint density at radius 3 is 2.49 bits per heavy atom. The summed E-state index contributed by atoms with van der Waals surface area (Å²) in [4.78, 5) is 59.2. The van der Waals surface area contributed by atoms with Crippen LogP contribution in [0.4, 0.5) is 5.69 Å². The van der Waals surface area contributed by atoms with E-state index in [0.717, 1.165) is 0 Å². The minimum atomic E-state index is -1.31. The Hall–Kier alpha value is -3.99. The lowest BCUT2D eigenvalue weighted by Gasteiger charge is -2.39. The van der Waals surface area contributed by atoms with Crippen LogP contribution in [-0.4, -0.2) is 77.2 Å². The third kappa shape index (κ3) is 7.32. The molecule has 5 rings (SSSR count). The zero-order valence-electron chi connectivity index (χ0n) is 28.1. The number of likely N-dealkylation sites (tertiary alicyclic amines) is 1. The summed E-state index contributed by atoms with van der Waals surface area (Å²) in [6.07, 6.45) is 3.85. The Balaban J connectivity index is 1.50. The van der Waals surface area contributed by atoms with Crippen LogP contribution < -0.4 is 10.2 Å². The Morgan fingerprint density at radius 2 is 1.86 bits per heavy atom. The van der Waals surface area contributed by atoms with Crippen molar-refractivity contribution in [3.63, 3.8) is 0 Å². The normalized spacial score (nSPS) is 25.1. The smallest absolute Gasteiger partial charge is 0.313 e. The van der Waals surface area contributed by atoms with Crippen molar-refractivity contribution in [3.8, 4) is 0 Å². The molecule has 49 heavy (non-hydrogen) atoms.